The lowest BCUT2D eigenvalue weighted by atomic mass is 9.99. The average Bonchev–Trinajstić information content (AvgIpc) is 2.69. The Hall–Kier alpha value is -2.18. The SMILES string of the molecule is Cc1cc(C(=O)Cc2ccc(N3C[C@@H](C)O[C@@H](C)C3)cc2)ccc1CS(=O)(=O)C(C)C. The molecule has 0 saturated carbocycles. The van der Waals surface area contributed by atoms with Crippen LogP contribution >= 0.6 is 0 Å². The molecule has 5 nitrogen and oxygen atoms in total. The van der Waals surface area contributed by atoms with Gasteiger partial charge < -0.3 is 9.64 Å². The van der Waals surface area contributed by atoms with Crippen molar-refractivity contribution < 1.29 is 17.9 Å². The van der Waals surface area contributed by atoms with E-state index in [0.29, 0.717) is 12.0 Å². The van der Waals surface area contributed by atoms with Gasteiger partial charge in [0.05, 0.1) is 23.2 Å². The topological polar surface area (TPSA) is 63.7 Å². The van der Waals surface area contributed by atoms with Crippen LogP contribution in [0.25, 0.3) is 0 Å². The Morgan fingerprint density at radius 2 is 1.68 bits per heavy atom. The Labute approximate surface area is 186 Å². The van der Waals surface area contributed by atoms with E-state index in [1.165, 1.54) is 0 Å². The van der Waals surface area contributed by atoms with E-state index in [1.54, 1.807) is 32.0 Å². The highest BCUT2D eigenvalue weighted by molar-refractivity contribution is 7.91. The molecule has 3 rings (SSSR count). The first-order valence-corrected chi connectivity index (χ1v) is 12.6. The van der Waals surface area contributed by atoms with Crippen LogP contribution in [-0.4, -0.2) is 44.7 Å². The highest BCUT2D eigenvalue weighted by Gasteiger charge is 2.22. The minimum Gasteiger partial charge on any atom is -0.372 e. The van der Waals surface area contributed by atoms with Crippen molar-refractivity contribution in [3.8, 4) is 0 Å². The molecule has 0 aliphatic carbocycles. The monoisotopic (exact) mass is 443 g/mol. The fraction of sp³-hybridized carbons (Fsp3) is 0.480. The van der Waals surface area contributed by atoms with Crippen LogP contribution in [0.3, 0.4) is 0 Å². The van der Waals surface area contributed by atoms with Gasteiger partial charge in [-0.1, -0.05) is 24.3 Å². The zero-order valence-electron chi connectivity index (χ0n) is 19.1. The van der Waals surface area contributed by atoms with Gasteiger partial charge in [-0.3, -0.25) is 4.79 Å². The van der Waals surface area contributed by atoms with E-state index in [-0.39, 0.29) is 23.7 Å². The Balaban J connectivity index is 1.67. The molecule has 1 aliphatic rings. The fourth-order valence-corrected chi connectivity index (χ4v) is 5.01. The van der Waals surface area contributed by atoms with Gasteiger partial charge in [0, 0.05) is 30.8 Å². The standard InChI is InChI=1S/C25H33NO4S/c1-17(2)31(28,29)16-23-9-8-22(12-18(23)3)25(27)13-21-6-10-24(11-7-21)26-14-19(4)30-20(5)15-26/h6-12,17,19-20H,13-16H2,1-5H3/t19-,20+. The van der Waals surface area contributed by atoms with Gasteiger partial charge in [-0.2, -0.15) is 0 Å². The molecule has 0 amide bonds. The third-order valence-electron chi connectivity index (χ3n) is 5.83. The van der Waals surface area contributed by atoms with Crippen LogP contribution in [-0.2, 0) is 26.7 Å². The van der Waals surface area contributed by atoms with E-state index in [9.17, 15) is 13.2 Å². The van der Waals surface area contributed by atoms with Crippen LogP contribution in [0.4, 0.5) is 5.69 Å². The van der Waals surface area contributed by atoms with Crippen molar-refractivity contribution >= 4 is 21.3 Å². The fourth-order valence-electron chi connectivity index (χ4n) is 3.92. The van der Waals surface area contributed by atoms with Gasteiger partial charge in [0.1, 0.15) is 0 Å². The van der Waals surface area contributed by atoms with Crippen molar-refractivity contribution in [3.05, 3.63) is 64.7 Å². The number of Topliss-reactive ketones (excluding diaryl/α,β-unsaturated/α-hetero) is 1. The first kappa shape index (κ1) is 23.5. The molecule has 0 aromatic heterocycles. The van der Waals surface area contributed by atoms with Gasteiger partial charge in [0.2, 0.25) is 0 Å². The number of morpholine rings is 1. The van der Waals surface area contributed by atoms with E-state index >= 15 is 0 Å². The molecule has 1 saturated heterocycles. The lowest BCUT2D eigenvalue weighted by Crippen LogP contribution is -2.45. The number of ketones is 1. The smallest absolute Gasteiger partial charge is 0.167 e. The third-order valence-corrected chi connectivity index (χ3v) is 7.98. The summed E-state index contributed by atoms with van der Waals surface area (Å²) in [7, 11) is -3.17. The van der Waals surface area contributed by atoms with Crippen molar-refractivity contribution in [3.63, 3.8) is 0 Å². The predicted octanol–water partition coefficient (Wildman–Crippen LogP) is 4.36. The molecule has 0 unspecified atom stereocenters. The minimum absolute atomic E-state index is 0.00517. The number of carbonyl (C=O) groups is 1. The Bertz CT molecular complexity index is 1020. The number of nitrogens with zero attached hydrogens (tertiary/aromatic N) is 1. The quantitative estimate of drug-likeness (QED) is 0.595. The highest BCUT2D eigenvalue weighted by Crippen LogP contribution is 2.22. The van der Waals surface area contributed by atoms with Crippen molar-refractivity contribution in [2.45, 2.75) is 64.3 Å². The summed E-state index contributed by atoms with van der Waals surface area (Å²) in [5.74, 6) is 0.0355. The summed E-state index contributed by atoms with van der Waals surface area (Å²) in [6, 6.07) is 13.5. The summed E-state index contributed by atoms with van der Waals surface area (Å²) in [6.45, 7) is 11.1. The number of benzene rings is 2. The molecule has 0 spiro atoms. The Morgan fingerprint density at radius 1 is 1.06 bits per heavy atom. The number of hydrogen-bond acceptors (Lipinski definition) is 5. The van der Waals surface area contributed by atoms with E-state index in [2.05, 4.69) is 30.9 Å². The largest absolute Gasteiger partial charge is 0.372 e. The van der Waals surface area contributed by atoms with Crippen LogP contribution in [0.2, 0.25) is 0 Å². The van der Waals surface area contributed by atoms with Gasteiger partial charge in [-0.25, -0.2) is 8.42 Å². The van der Waals surface area contributed by atoms with Crippen LogP contribution < -0.4 is 4.90 Å². The zero-order valence-corrected chi connectivity index (χ0v) is 19.9. The first-order chi connectivity index (χ1) is 14.5. The lowest BCUT2D eigenvalue weighted by Gasteiger charge is -2.36. The normalized spacial score (nSPS) is 19.6. The Kier molecular flexibility index (Phi) is 7.22. The van der Waals surface area contributed by atoms with Gasteiger partial charge >= 0.3 is 0 Å². The van der Waals surface area contributed by atoms with Gasteiger partial charge in [-0.05, 0) is 69.5 Å². The molecule has 168 valence electrons. The molecule has 1 heterocycles. The van der Waals surface area contributed by atoms with Gasteiger partial charge in [0.15, 0.2) is 15.6 Å². The number of rotatable bonds is 7. The number of ether oxygens (including phenoxy) is 1. The van der Waals surface area contributed by atoms with Crippen LogP contribution in [0, 0.1) is 6.92 Å². The van der Waals surface area contributed by atoms with Crippen LogP contribution in [0.5, 0.6) is 0 Å². The predicted molar refractivity (Wildman–Crippen MR) is 126 cm³/mol. The maximum Gasteiger partial charge on any atom is 0.167 e. The number of aryl methyl sites for hydroxylation is 1. The summed E-state index contributed by atoms with van der Waals surface area (Å²) in [6.07, 6.45) is 0.720. The molecule has 0 radical (unpaired) electrons. The maximum atomic E-state index is 12.8. The average molecular weight is 444 g/mol. The molecule has 1 fully saturated rings. The zero-order chi connectivity index (χ0) is 22.8. The summed E-state index contributed by atoms with van der Waals surface area (Å²) in [5.41, 5.74) is 4.31. The molecule has 0 N–H and O–H groups in total. The summed E-state index contributed by atoms with van der Waals surface area (Å²) in [5, 5.41) is -0.417. The first-order valence-electron chi connectivity index (χ1n) is 10.9. The second kappa shape index (κ2) is 9.53. The van der Waals surface area contributed by atoms with E-state index in [1.807, 2.05) is 19.1 Å². The van der Waals surface area contributed by atoms with Crippen LogP contribution in [0.15, 0.2) is 42.5 Å². The highest BCUT2D eigenvalue weighted by atomic mass is 32.2. The molecule has 6 heteroatoms. The van der Waals surface area contributed by atoms with Crippen molar-refractivity contribution in [2.75, 3.05) is 18.0 Å². The molecular formula is C25H33NO4S. The van der Waals surface area contributed by atoms with Gasteiger partial charge in [-0.15, -0.1) is 0 Å². The summed E-state index contributed by atoms with van der Waals surface area (Å²) < 4.78 is 30.2. The van der Waals surface area contributed by atoms with E-state index in [0.717, 1.165) is 35.5 Å². The Morgan fingerprint density at radius 3 is 2.23 bits per heavy atom. The lowest BCUT2D eigenvalue weighted by molar-refractivity contribution is -0.00521. The second-order valence-corrected chi connectivity index (χ2v) is 11.5. The molecule has 31 heavy (non-hydrogen) atoms. The number of sulfone groups is 1. The van der Waals surface area contributed by atoms with E-state index < -0.39 is 15.1 Å². The van der Waals surface area contributed by atoms with Crippen molar-refractivity contribution in [2.24, 2.45) is 0 Å². The van der Waals surface area contributed by atoms with Crippen LogP contribution in [0.1, 0.15) is 54.7 Å². The molecule has 2 aromatic carbocycles. The van der Waals surface area contributed by atoms with Crippen molar-refractivity contribution in [1.29, 1.82) is 0 Å². The van der Waals surface area contributed by atoms with Gasteiger partial charge in [0.25, 0.3) is 0 Å². The molecule has 2 aromatic rings. The summed E-state index contributed by atoms with van der Waals surface area (Å²) in [4.78, 5) is 15.1. The third kappa shape index (κ3) is 5.95. The van der Waals surface area contributed by atoms with Crippen molar-refractivity contribution in [1.82, 2.24) is 0 Å². The molecule has 2 atom stereocenters. The molecular weight excluding hydrogens is 410 g/mol. The minimum atomic E-state index is -3.17. The molecule has 1 aliphatic heterocycles. The molecule has 0 bridgehead atoms. The second-order valence-electron chi connectivity index (χ2n) is 8.93. The van der Waals surface area contributed by atoms with E-state index in [4.69, 9.17) is 4.74 Å². The summed E-state index contributed by atoms with van der Waals surface area (Å²) >= 11 is 0. The number of anilines is 1. The maximum absolute atomic E-state index is 12.8. The number of carbonyl (C=O) groups excluding carboxylic acids is 1. The number of hydrogen-bond donors (Lipinski definition) is 0.